The lowest BCUT2D eigenvalue weighted by molar-refractivity contribution is -0.144. The summed E-state index contributed by atoms with van der Waals surface area (Å²) in [6.45, 7) is 7.51. The predicted octanol–water partition coefficient (Wildman–Crippen LogP) is 2.97. The zero-order chi connectivity index (χ0) is 17.7. The lowest BCUT2D eigenvalue weighted by Crippen LogP contribution is -2.35. The van der Waals surface area contributed by atoms with Crippen LogP contribution in [0.15, 0.2) is 30.3 Å². The third kappa shape index (κ3) is 5.53. The molecule has 1 aromatic rings. The van der Waals surface area contributed by atoms with E-state index in [-0.39, 0.29) is 18.1 Å². The summed E-state index contributed by atoms with van der Waals surface area (Å²) in [5, 5.41) is 2.86. The fraction of sp³-hybridized carbons (Fsp3) is 0.556. The third-order valence-corrected chi connectivity index (χ3v) is 3.46. The molecule has 0 bridgehead atoms. The van der Waals surface area contributed by atoms with Crippen LogP contribution >= 0.6 is 0 Å². The van der Waals surface area contributed by atoms with Crippen LogP contribution in [-0.4, -0.2) is 36.5 Å². The van der Waals surface area contributed by atoms with E-state index in [1.165, 1.54) is 0 Å². The highest BCUT2D eigenvalue weighted by atomic mass is 16.6. The zero-order valence-corrected chi connectivity index (χ0v) is 14.6. The van der Waals surface area contributed by atoms with Gasteiger partial charge in [-0.05, 0) is 33.3 Å². The maximum absolute atomic E-state index is 12.1. The minimum absolute atomic E-state index is 0.260. The van der Waals surface area contributed by atoms with Gasteiger partial charge in [0.05, 0.1) is 18.8 Å². The van der Waals surface area contributed by atoms with Crippen LogP contribution in [0, 0.1) is 0 Å². The largest absolute Gasteiger partial charge is 0.464 e. The van der Waals surface area contributed by atoms with Gasteiger partial charge in [0.25, 0.3) is 0 Å². The molecular weight excluding hydrogens is 310 g/mol. The van der Waals surface area contributed by atoms with E-state index in [1.807, 2.05) is 51.1 Å². The van der Waals surface area contributed by atoms with Crippen molar-refractivity contribution >= 4 is 12.1 Å². The average molecular weight is 335 g/mol. The van der Waals surface area contributed by atoms with Gasteiger partial charge in [-0.2, -0.15) is 0 Å². The summed E-state index contributed by atoms with van der Waals surface area (Å²) >= 11 is 0. The quantitative estimate of drug-likeness (QED) is 0.639. The Kier molecular flexibility index (Phi) is 5.83. The van der Waals surface area contributed by atoms with Gasteiger partial charge in [-0.25, -0.2) is 9.59 Å². The first-order chi connectivity index (χ1) is 11.3. The first-order valence-corrected chi connectivity index (χ1v) is 8.16. The Hall–Kier alpha value is -2.08. The topological polar surface area (TPSA) is 77.2 Å². The number of esters is 1. The van der Waals surface area contributed by atoms with Gasteiger partial charge in [0, 0.05) is 6.42 Å². The van der Waals surface area contributed by atoms with E-state index in [0.29, 0.717) is 13.0 Å². The normalized spacial score (nSPS) is 20.8. The second-order valence-electron chi connectivity index (χ2n) is 6.69. The maximum Gasteiger partial charge on any atom is 0.408 e. The van der Waals surface area contributed by atoms with Crippen LogP contribution in [0.25, 0.3) is 0 Å². The van der Waals surface area contributed by atoms with Crippen LogP contribution in [0.4, 0.5) is 4.79 Å². The smallest absolute Gasteiger partial charge is 0.408 e. The number of carbonyl (C=O) groups is 2. The molecule has 0 radical (unpaired) electrons. The van der Waals surface area contributed by atoms with Gasteiger partial charge >= 0.3 is 12.1 Å². The molecular formula is C18H25NO5. The van der Waals surface area contributed by atoms with E-state index in [0.717, 1.165) is 5.56 Å². The number of carbonyl (C=O) groups excluding carboxylic acids is 2. The van der Waals surface area contributed by atoms with Crippen molar-refractivity contribution in [3.63, 3.8) is 0 Å². The molecule has 1 N–H and O–H groups in total. The van der Waals surface area contributed by atoms with Crippen molar-refractivity contribution < 1.29 is 23.8 Å². The molecule has 132 valence electrons. The van der Waals surface area contributed by atoms with Crippen LogP contribution < -0.4 is 5.32 Å². The first-order valence-electron chi connectivity index (χ1n) is 8.16. The van der Waals surface area contributed by atoms with E-state index < -0.39 is 17.8 Å². The molecule has 0 saturated carbocycles. The van der Waals surface area contributed by atoms with Gasteiger partial charge in [0.2, 0.25) is 0 Å². The van der Waals surface area contributed by atoms with Gasteiger partial charge in [-0.3, -0.25) is 0 Å². The van der Waals surface area contributed by atoms with Crippen LogP contribution in [0.1, 0.15) is 45.7 Å². The van der Waals surface area contributed by atoms with Gasteiger partial charge in [-0.15, -0.1) is 0 Å². The highest BCUT2D eigenvalue weighted by Crippen LogP contribution is 2.32. The number of amides is 1. The number of epoxide rings is 1. The molecule has 1 aliphatic heterocycles. The molecule has 1 heterocycles. The number of alkyl carbamates (subject to hydrolysis) is 1. The highest BCUT2D eigenvalue weighted by Gasteiger charge is 2.47. The number of hydrogen-bond acceptors (Lipinski definition) is 5. The molecule has 3 atom stereocenters. The molecule has 1 saturated heterocycles. The van der Waals surface area contributed by atoms with Gasteiger partial charge < -0.3 is 19.5 Å². The second-order valence-corrected chi connectivity index (χ2v) is 6.69. The van der Waals surface area contributed by atoms with E-state index in [1.54, 1.807) is 6.92 Å². The number of rotatable bonds is 6. The third-order valence-electron chi connectivity index (χ3n) is 3.46. The van der Waals surface area contributed by atoms with Crippen molar-refractivity contribution in [1.29, 1.82) is 0 Å². The summed E-state index contributed by atoms with van der Waals surface area (Å²) in [4.78, 5) is 23.8. The second kappa shape index (κ2) is 7.66. The van der Waals surface area contributed by atoms with Crippen LogP contribution in [0.2, 0.25) is 0 Å². The monoisotopic (exact) mass is 335 g/mol. The fourth-order valence-electron chi connectivity index (χ4n) is 2.40. The molecule has 1 aromatic carbocycles. The Balaban J connectivity index is 2.00. The van der Waals surface area contributed by atoms with E-state index in [2.05, 4.69) is 5.32 Å². The van der Waals surface area contributed by atoms with E-state index in [4.69, 9.17) is 14.2 Å². The molecule has 0 aromatic heterocycles. The van der Waals surface area contributed by atoms with Crippen molar-refractivity contribution in [2.45, 2.75) is 58.0 Å². The maximum atomic E-state index is 12.1. The summed E-state index contributed by atoms with van der Waals surface area (Å²) < 4.78 is 15.7. The molecule has 0 spiro atoms. The van der Waals surface area contributed by atoms with Gasteiger partial charge in [0.1, 0.15) is 5.60 Å². The molecule has 0 unspecified atom stereocenters. The summed E-state index contributed by atoms with van der Waals surface area (Å²) in [7, 11) is 0. The standard InChI is InChI=1S/C18H25NO5/c1-5-22-16(20)15-14(23-15)11-13(12-9-7-6-8-10-12)19-17(21)24-18(2,3)4/h6-10,13-15H,5,11H2,1-4H3,(H,19,21)/t13-,14+,15-/m0/s1. The Morgan fingerprint density at radius 3 is 2.50 bits per heavy atom. The van der Waals surface area contributed by atoms with Crippen molar-refractivity contribution in [2.75, 3.05) is 6.61 Å². The number of hydrogen-bond donors (Lipinski definition) is 1. The van der Waals surface area contributed by atoms with Crippen molar-refractivity contribution in [3.8, 4) is 0 Å². The lowest BCUT2D eigenvalue weighted by Gasteiger charge is -2.23. The molecule has 2 rings (SSSR count). The number of nitrogens with one attached hydrogen (secondary N) is 1. The zero-order valence-electron chi connectivity index (χ0n) is 14.6. The molecule has 0 aliphatic carbocycles. The summed E-state index contributed by atoms with van der Waals surface area (Å²) in [6, 6.07) is 9.24. The molecule has 1 aliphatic rings. The Morgan fingerprint density at radius 2 is 1.92 bits per heavy atom. The molecule has 1 fully saturated rings. The van der Waals surface area contributed by atoms with Gasteiger partial charge in [0.15, 0.2) is 6.10 Å². The van der Waals surface area contributed by atoms with Crippen molar-refractivity contribution in [1.82, 2.24) is 5.32 Å². The molecule has 6 nitrogen and oxygen atoms in total. The number of ether oxygens (including phenoxy) is 3. The Bertz CT molecular complexity index is 567. The SMILES string of the molecule is CCOC(=O)[C@H]1O[C@@H]1C[C@H](NC(=O)OC(C)(C)C)c1ccccc1. The van der Waals surface area contributed by atoms with Crippen molar-refractivity contribution in [3.05, 3.63) is 35.9 Å². The van der Waals surface area contributed by atoms with Gasteiger partial charge in [-0.1, -0.05) is 30.3 Å². The first kappa shape index (κ1) is 18.3. The molecule has 6 heteroatoms. The Morgan fingerprint density at radius 1 is 1.25 bits per heavy atom. The lowest BCUT2D eigenvalue weighted by atomic mass is 10.0. The summed E-state index contributed by atoms with van der Waals surface area (Å²) in [5.74, 6) is -0.355. The Labute approximate surface area is 142 Å². The minimum atomic E-state index is -0.575. The van der Waals surface area contributed by atoms with Crippen molar-refractivity contribution in [2.24, 2.45) is 0 Å². The van der Waals surface area contributed by atoms with Crippen LogP contribution in [-0.2, 0) is 19.0 Å². The molecule has 24 heavy (non-hydrogen) atoms. The van der Waals surface area contributed by atoms with E-state index >= 15 is 0 Å². The van der Waals surface area contributed by atoms with Crippen LogP contribution in [0.3, 0.4) is 0 Å². The average Bonchev–Trinajstić information content (AvgIpc) is 3.25. The number of benzene rings is 1. The fourth-order valence-corrected chi connectivity index (χ4v) is 2.40. The minimum Gasteiger partial charge on any atom is -0.464 e. The summed E-state index contributed by atoms with van der Waals surface area (Å²) in [6.07, 6.45) is -0.822. The predicted molar refractivity (Wildman–Crippen MR) is 88.5 cm³/mol. The highest BCUT2D eigenvalue weighted by molar-refractivity contribution is 5.78. The molecule has 1 amide bonds. The van der Waals surface area contributed by atoms with E-state index in [9.17, 15) is 9.59 Å². The summed E-state index contributed by atoms with van der Waals surface area (Å²) in [5.41, 5.74) is 0.357. The van der Waals surface area contributed by atoms with Crippen LogP contribution in [0.5, 0.6) is 0 Å².